The topological polar surface area (TPSA) is 64.2 Å². The summed E-state index contributed by atoms with van der Waals surface area (Å²) in [5, 5.41) is 10.6. The Hall–Kier alpha value is -2.06. The van der Waals surface area contributed by atoms with Crippen molar-refractivity contribution in [3.63, 3.8) is 0 Å². The summed E-state index contributed by atoms with van der Waals surface area (Å²) >= 11 is 4.99. The van der Waals surface area contributed by atoms with Crippen LogP contribution >= 0.6 is 27.7 Å². The minimum Gasteiger partial charge on any atom is -0.453 e. The summed E-state index contributed by atoms with van der Waals surface area (Å²) in [5.41, 5.74) is 0.802. The van der Waals surface area contributed by atoms with Crippen molar-refractivity contribution in [1.82, 2.24) is 19.7 Å². The van der Waals surface area contributed by atoms with Crippen LogP contribution < -0.4 is 0 Å². The third kappa shape index (κ3) is 5.53. The number of thioether (sulfide) groups is 1. The number of furan rings is 1. The number of aromatic nitrogens is 3. The van der Waals surface area contributed by atoms with Crippen molar-refractivity contribution in [2.45, 2.75) is 88.0 Å². The van der Waals surface area contributed by atoms with Crippen molar-refractivity contribution in [3.8, 4) is 11.6 Å². The first-order chi connectivity index (χ1) is 17.1. The summed E-state index contributed by atoms with van der Waals surface area (Å²) in [6.07, 6.45) is 13.9. The van der Waals surface area contributed by atoms with E-state index in [1.54, 1.807) is 0 Å². The van der Waals surface area contributed by atoms with Gasteiger partial charge in [0.15, 0.2) is 10.9 Å². The first-order valence-electron chi connectivity index (χ1n) is 12.8. The standard InChI is InChI=1S/C27H33BrN4O2S/c1-2-15-31-26(24-17-19-16-20(28)13-14-23(19)34-24)29-30-27(31)35-18-25(33)32(21-9-5-3-6-10-21)22-11-7-4-8-12-22/h2,13-14,16-17,21-22H,1,3-12,15,18H2. The predicted octanol–water partition coefficient (Wildman–Crippen LogP) is 7.23. The minimum absolute atomic E-state index is 0.247. The molecule has 0 N–H and O–H groups in total. The van der Waals surface area contributed by atoms with Crippen molar-refractivity contribution in [2.24, 2.45) is 0 Å². The van der Waals surface area contributed by atoms with Gasteiger partial charge in [-0.1, -0.05) is 72.3 Å². The molecule has 2 aromatic heterocycles. The third-order valence-electron chi connectivity index (χ3n) is 7.28. The molecule has 2 fully saturated rings. The second-order valence-electron chi connectivity index (χ2n) is 9.67. The highest BCUT2D eigenvalue weighted by molar-refractivity contribution is 9.10. The van der Waals surface area contributed by atoms with Crippen LogP contribution in [-0.4, -0.2) is 43.4 Å². The van der Waals surface area contributed by atoms with Crippen LogP contribution in [0.4, 0.5) is 0 Å². The summed E-state index contributed by atoms with van der Waals surface area (Å²) < 4.78 is 9.06. The van der Waals surface area contributed by atoms with Gasteiger partial charge < -0.3 is 9.32 Å². The van der Waals surface area contributed by atoms with E-state index in [4.69, 9.17) is 4.42 Å². The molecule has 6 nitrogen and oxygen atoms in total. The number of rotatable bonds is 8. The van der Waals surface area contributed by atoms with E-state index < -0.39 is 0 Å². The number of amides is 1. The Kier molecular flexibility index (Phi) is 7.97. The molecule has 186 valence electrons. The maximum atomic E-state index is 13.6. The van der Waals surface area contributed by atoms with E-state index in [1.165, 1.54) is 50.3 Å². The van der Waals surface area contributed by atoms with Crippen LogP contribution in [0.2, 0.25) is 0 Å². The van der Waals surface area contributed by atoms with Crippen molar-refractivity contribution in [1.29, 1.82) is 0 Å². The fourth-order valence-electron chi connectivity index (χ4n) is 5.62. The Bertz CT molecular complexity index is 1160. The van der Waals surface area contributed by atoms with Crippen molar-refractivity contribution in [3.05, 3.63) is 41.4 Å². The predicted molar refractivity (Wildman–Crippen MR) is 144 cm³/mol. The lowest BCUT2D eigenvalue weighted by molar-refractivity contribution is -0.135. The smallest absolute Gasteiger partial charge is 0.233 e. The Morgan fingerprint density at radius 2 is 1.77 bits per heavy atom. The first-order valence-corrected chi connectivity index (χ1v) is 14.6. The molecule has 2 aliphatic carbocycles. The molecule has 1 amide bonds. The normalized spacial score (nSPS) is 17.6. The van der Waals surface area contributed by atoms with Crippen LogP contribution in [0.25, 0.3) is 22.6 Å². The number of halogens is 1. The largest absolute Gasteiger partial charge is 0.453 e. The zero-order valence-corrected chi connectivity index (χ0v) is 22.5. The highest BCUT2D eigenvalue weighted by Gasteiger charge is 2.32. The molecule has 2 aliphatic rings. The van der Waals surface area contributed by atoms with Gasteiger partial charge in [-0.3, -0.25) is 9.36 Å². The van der Waals surface area contributed by atoms with Gasteiger partial charge in [-0.15, -0.1) is 16.8 Å². The molecule has 0 aliphatic heterocycles. The molecular formula is C27H33BrN4O2S. The second-order valence-corrected chi connectivity index (χ2v) is 11.5. The van der Waals surface area contributed by atoms with Gasteiger partial charge >= 0.3 is 0 Å². The lowest BCUT2D eigenvalue weighted by Crippen LogP contribution is -2.49. The summed E-state index contributed by atoms with van der Waals surface area (Å²) in [7, 11) is 0. The zero-order chi connectivity index (χ0) is 24.2. The zero-order valence-electron chi connectivity index (χ0n) is 20.1. The number of fused-ring (bicyclic) bond motifs is 1. The van der Waals surface area contributed by atoms with Crippen molar-refractivity contribution < 1.29 is 9.21 Å². The van der Waals surface area contributed by atoms with Crippen LogP contribution in [0.15, 0.2) is 51.0 Å². The van der Waals surface area contributed by atoms with Crippen LogP contribution in [0.1, 0.15) is 64.2 Å². The van der Waals surface area contributed by atoms with E-state index in [0.717, 1.165) is 46.3 Å². The van der Waals surface area contributed by atoms with Gasteiger partial charge in [0.05, 0.1) is 5.75 Å². The van der Waals surface area contributed by atoms with Crippen molar-refractivity contribution >= 4 is 44.6 Å². The molecule has 0 spiro atoms. The second kappa shape index (κ2) is 11.3. The Morgan fingerprint density at radius 3 is 2.43 bits per heavy atom. The van der Waals surface area contributed by atoms with E-state index in [1.807, 2.05) is 34.9 Å². The number of hydrogen-bond donors (Lipinski definition) is 0. The lowest BCUT2D eigenvalue weighted by Gasteiger charge is -2.41. The van der Waals surface area contributed by atoms with E-state index in [9.17, 15) is 4.79 Å². The molecule has 0 radical (unpaired) electrons. The maximum Gasteiger partial charge on any atom is 0.233 e. The summed E-state index contributed by atoms with van der Waals surface area (Å²) in [6, 6.07) is 8.71. The van der Waals surface area contributed by atoms with E-state index in [0.29, 0.717) is 36.0 Å². The Labute approximate surface area is 219 Å². The number of benzene rings is 1. The fourth-order valence-corrected chi connectivity index (χ4v) is 6.82. The molecule has 8 heteroatoms. The molecule has 35 heavy (non-hydrogen) atoms. The Morgan fingerprint density at radius 1 is 1.09 bits per heavy atom. The van der Waals surface area contributed by atoms with Crippen LogP contribution in [0.3, 0.4) is 0 Å². The van der Waals surface area contributed by atoms with Crippen molar-refractivity contribution in [2.75, 3.05) is 5.75 Å². The quantitative estimate of drug-likeness (QED) is 0.216. The minimum atomic E-state index is 0.247. The molecule has 2 saturated carbocycles. The van der Waals surface area contributed by atoms with Gasteiger partial charge in [-0.2, -0.15) is 0 Å². The molecule has 2 heterocycles. The molecule has 1 aromatic carbocycles. The van der Waals surface area contributed by atoms with E-state index in [2.05, 4.69) is 37.6 Å². The number of nitrogens with zero attached hydrogens (tertiary/aromatic N) is 4. The first kappa shape index (κ1) is 24.6. The average molecular weight is 558 g/mol. The van der Waals surface area contributed by atoms with Crippen LogP contribution in [0.5, 0.6) is 0 Å². The van der Waals surface area contributed by atoms with Crippen LogP contribution in [0, 0.1) is 0 Å². The van der Waals surface area contributed by atoms with E-state index >= 15 is 0 Å². The number of carbonyl (C=O) groups excluding carboxylic acids is 1. The van der Waals surface area contributed by atoms with Gasteiger partial charge in [0.25, 0.3) is 0 Å². The summed E-state index contributed by atoms with van der Waals surface area (Å²) in [6.45, 7) is 4.46. The van der Waals surface area contributed by atoms with Gasteiger partial charge in [0.2, 0.25) is 11.7 Å². The molecule has 0 saturated heterocycles. The average Bonchev–Trinajstić information content (AvgIpc) is 3.48. The van der Waals surface area contributed by atoms with Gasteiger partial charge in [-0.05, 0) is 49.9 Å². The molecule has 0 unspecified atom stereocenters. The Balaban J connectivity index is 1.35. The highest BCUT2D eigenvalue weighted by Crippen LogP contribution is 2.33. The van der Waals surface area contributed by atoms with Gasteiger partial charge in [-0.25, -0.2) is 0 Å². The molecule has 3 aromatic rings. The molecule has 0 atom stereocenters. The number of allylic oxidation sites excluding steroid dienone is 1. The highest BCUT2D eigenvalue weighted by atomic mass is 79.9. The summed E-state index contributed by atoms with van der Waals surface area (Å²) in [5.74, 6) is 1.95. The van der Waals surface area contributed by atoms with Crippen LogP contribution in [-0.2, 0) is 11.3 Å². The molecule has 0 bridgehead atoms. The lowest BCUT2D eigenvalue weighted by atomic mass is 9.88. The third-order valence-corrected chi connectivity index (χ3v) is 8.72. The number of hydrogen-bond acceptors (Lipinski definition) is 5. The van der Waals surface area contributed by atoms with E-state index in [-0.39, 0.29) is 5.91 Å². The monoisotopic (exact) mass is 556 g/mol. The SMILES string of the molecule is C=CCn1c(SCC(=O)N(C2CCCCC2)C2CCCCC2)nnc1-c1cc2cc(Br)ccc2o1. The van der Waals surface area contributed by atoms with Gasteiger partial charge in [0.1, 0.15) is 5.58 Å². The van der Waals surface area contributed by atoms with Gasteiger partial charge in [0, 0.05) is 28.5 Å². The molecular weight excluding hydrogens is 524 g/mol. The summed E-state index contributed by atoms with van der Waals surface area (Å²) in [4.78, 5) is 15.9. The molecule has 5 rings (SSSR count). The fraction of sp³-hybridized carbons (Fsp3) is 0.519. The number of carbonyl (C=O) groups is 1. The maximum absolute atomic E-state index is 13.6.